The topological polar surface area (TPSA) is 83.7 Å². The Kier molecular flexibility index (Phi) is 6.67. The lowest BCUT2D eigenvalue weighted by molar-refractivity contribution is -0.117. The van der Waals surface area contributed by atoms with Crippen LogP contribution in [0.3, 0.4) is 0 Å². The number of nitrogens with one attached hydrogen (secondary N) is 1. The van der Waals surface area contributed by atoms with Gasteiger partial charge in [0.2, 0.25) is 11.8 Å². The van der Waals surface area contributed by atoms with E-state index in [1.165, 1.54) is 11.8 Å². The highest BCUT2D eigenvalue weighted by atomic mass is 35.5. The van der Waals surface area contributed by atoms with Crippen molar-refractivity contribution in [2.75, 3.05) is 19.5 Å². The molecule has 0 saturated heterocycles. The first-order valence-electron chi connectivity index (χ1n) is 11.8. The van der Waals surface area contributed by atoms with E-state index in [0.29, 0.717) is 51.5 Å². The smallest absolute Gasteiger partial charge is 0.278 e. The fourth-order valence-electron chi connectivity index (χ4n) is 4.42. The Morgan fingerprint density at radius 3 is 2.54 bits per heavy atom. The summed E-state index contributed by atoms with van der Waals surface area (Å²) in [6.07, 6.45) is 1.22. The second-order valence-electron chi connectivity index (χ2n) is 8.62. The molecule has 37 heavy (non-hydrogen) atoms. The summed E-state index contributed by atoms with van der Waals surface area (Å²) in [6, 6.07) is 18.1. The van der Waals surface area contributed by atoms with Crippen LogP contribution in [-0.4, -0.2) is 29.5 Å². The summed E-state index contributed by atoms with van der Waals surface area (Å²) in [7, 11) is 3.07. The largest absolute Gasteiger partial charge is 0.497 e. The van der Waals surface area contributed by atoms with E-state index >= 15 is 0 Å². The lowest BCUT2D eigenvalue weighted by Crippen LogP contribution is -2.27. The van der Waals surface area contributed by atoms with E-state index in [4.69, 9.17) is 25.8 Å². The Hall–Kier alpha value is -4.17. The second-order valence-corrected chi connectivity index (χ2v) is 9.06. The average molecular weight is 520 g/mol. The number of carbonyl (C=O) groups excluding carboxylic acids is 1. The Labute approximate surface area is 218 Å². The Bertz CT molecular complexity index is 1540. The number of hydrogen-bond donors (Lipinski definition) is 1. The molecule has 0 saturated carbocycles. The minimum absolute atomic E-state index is 0.168. The highest BCUT2D eigenvalue weighted by Gasteiger charge is 2.29. The van der Waals surface area contributed by atoms with Gasteiger partial charge in [0.1, 0.15) is 23.8 Å². The van der Waals surface area contributed by atoms with Crippen LogP contribution in [0.1, 0.15) is 23.6 Å². The molecule has 1 aromatic heterocycles. The van der Waals surface area contributed by atoms with Gasteiger partial charge in [-0.1, -0.05) is 30.7 Å². The van der Waals surface area contributed by atoms with Crippen molar-refractivity contribution < 1.29 is 19.0 Å². The quantitative estimate of drug-likeness (QED) is 0.319. The molecule has 0 aliphatic carbocycles. The van der Waals surface area contributed by atoms with E-state index in [1.54, 1.807) is 48.2 Å². The predicted octanol–water partition coefficient (Wildman–Crippen LogP) is 5.21. The van der Waals surface area contributed by atoms with Crippen molar-refractivity contribution in [3.8, 4) is 28.8 Å². The number of methoxy groups -OCH3 is 2. The number of amides is 1. The molecule has 0 unspecified atom stereocenters. The molecule has 190 valence electrons. The Balaban J connectivity index is 1.55. The zero-order valence-corrected chi connectivity index (χ0v) is 21.5. The molecular weight excluding hydrogens is 494 g/mol. The molecule has 2 heterocycles. The van der Waals surface area contributed by atoms with Crippen LogP contribution in [-0.2, 0) is 24.2 Å². The monoisotopic (exact) mass is 519 g/mol. The zero-order valence-electron chi connectivity index (χ0n) is 20.7. The first-order chi connectivity index (χ1) is 17.9. The molecule has 5 rings (SSSR count). The van der Waals surface area contributed by atoms with E-state index in [0.717, 1.165) is 17.5 Å². The van der Waals surface area contributed by atoms with Crippen molar-refractivity contribution >= 4 is 23.2 Å². The standard InChI is InChI=1S/C28H26ClN3O5/c1-4-17-5-8-20(9-6-17)32-27(34)22-14-18-13-19(29)7-12-24(18)37-28(22)31(32)16-26(33)30-23-11-10-21(35-2)15-25(23)36-3/h5-13,15H,4,14,16H2,1-3H3,(H,30,33). The van der Waals surface area contributed by atoms with Crippen molar-refractivity contribution in [3.05, 3.63) is 92.7 Å². The van der Waals surface area contributed by atoms with Crippen LogP contribution >= 0.6 is 11.6 Å². The fraction of sp³-hybridized carbons (Fsp3) is 0.214. The highest BCUT2D eigenvalue weighted by molar-refractivity contribution is 6.30. The van der Waals surface area contributed by atoms with Gasteiger partial charge < -0.3 is 19.5 Å². The number of benzene rings is 3. The van der Waals surface area contributed by atoms with Gasteiger partial charge in [-0.05, 0) is 54.4 Å². The molecule has 4 aromatic rings. The van der Waals surface area contributed by atoms with Crippen molar-refractivity contribution in [2.45, 2.75) is 26.3 Å². The number of fused-ring (bicyclic) bond motifs is 2. The van der Waals surface area contributed by atoms with E-state index in [-0.39, 0.29) is 18.0 Å². The molecule has 1 aliphatic rings. The van der Waals surface area contributed by atoms with E-state index in [2.05, 4.69) is 12.2 Å². The van der Waals surface area contributed by atoms with Crippen LogP contribution in [0.25, 0.3) is 5.69 Å². The van der Waals surface area contributed by atoms with Gasteiger partial charge in [0.15, 0.2) is 0 Å². The van der Waals surface area contributed by atoms with Crippen LogP contribution in [0.5, 0.6) is 23.1 Å². The number of aromatic nitrogens is 2. The first-order valence-corrected chi connectivity index (χ1v) is 12.2. The summed E-state index contributed by atoms with van der Waals surface area (Å²) in [6.45, 7) is 1.90. The maximum atomic E-state index is 13.7. The number of aryl methyl sites for hydroxylation is 1. The van der Waals surface area contributed by atoms with Crippen molar-refractivity contribution in [3.63, 3.8) is 0 Å². The molecule has 3 aromatic carbocycles. The summed E-state index contributed by atoms with van der Waals surface area (Å²) in [5.41, 5.74) is 3.29. The molecule has 0 bridgehead atoms. The van der Waals surface area contributed by atoms with Gasteiger partial charge in [0, 0.05) is 23.1 Å². The van der Waals surface area contributed by atoms with Crippen molar-refractivity contribution in [1.82, 2.24) is 9.36 Å². The third kappa shape index (κ3) is 4.68. The average Bonchev–Trinajstić information content (AvgIpc) is 3.17. The van der Waals surface area contributed by atoms with Gasteiger partial charge in [-0.25, -0.2) is 9.36 Å². The molecule has 0 radical (unpaired) electrons. The van der Waals surface area contributed by atoms with Crippen LogP contribution in [0.2, 0.25) is 5.02 Å². The summed E-state index contributed by atoms with van der Waals surface area (Å²) < 4.78 is 19.9. The third-order valence-corrected chi connectivity index (χ3v) is 6.58. The molecule has 0 fully saturated rings. The number of carbonyl (C=O) groups is 1. The minimum atomic E-state index is -0.356. The minimum Gasteiger partial charge on any atom is -0.497 e. The van der Waals surface area contributed by atoms with Crippen LogP contribution in [0.4, 0.5) is 5.69 Å². The maximum absolute atomic E-state index is 13.7. The van der Waals surface area contributed by atoms with Gasteiger partial charge in [0.25, 0.3) is 5.56 Å². The predicted molar refractivity (Wildman–Crippen MR) is 142 cm³/mol. The lowest BCUT2D eigenvalue weighted by Gasteiger charge is -2.20. The molecule has 9 heteroatoms. The Morgan fingerprint density at radius 2 is 1.84 bits per heavy atom. The van der Waals surface area contributed by atoms with E-state index in [1.807, 2.05) is 24.3 Å². The molecule has 0 spiro atoms. The van der Waals surface area contributed by atoms with Crippen LogP contribution in [0, 0.1) is 0 Å². The van der Waals surface area contributed by atoms with Gasteiger partial charge >= 0.3 is 0 Å². The van der Waals surface area contributed by atoms with Crippen LogP contribution < -0.4 is 25.1 Å². The summed E-state index contributed by atoms with van der Waals surface area (Å²) >= 11 is 6.18. The lowest BCUT2D eigenvalue weighted by atomic mass is 10.0. The van der Waals surface area contributed by atoms with E-state index in [9.17, 15) is 9.59 Å². The molecule has 8 nitrogen and oxygen atoms in total. The van der Waals surface area contributed by atoms with Crippen molar-refractivity contribution in [2.24, 2.45) is 0 Å². The van der Waals surface area contributed by atoms with Gasteiger partial charge in [-0.2, -0.15) is 0 Å². The molecule has 0 atom stereocenters. The number of anilines is 1. The van der Waals surface area contributed by atoms with Crippen molar-refractivity contribution in [1.29, 1.82) is 0 Å². The van der Waals surface area contributed by atoms with Gasteiger partial charge in [-0.15, -0.1) is 0 Å². The van der Waals surface area contributed by atoms with E-state index < -0.39 is 0 Å². The zero-order chi connectivity index (χ0) is 26.1. The summed E-state index contributed by atoms with van der Waals surface area (Å²) in [4.78, 5) is 26.9. The maximum Gasteiger partial charge on any atom is 0.278 e. The molecule has 1 aliphatic heterocycles. The van der Waals surface area contributed by atoms with Crippen LogP contribution in [0.15, 0.2) is 65.5 Å². The number of hydrogen-bond acceptors (Lipinski definition) is 5. The number of rotatable bonds is 7. The number of ether oxygens (including phenoxy) is 3. The fourth-order valence-corrected chi connectivity index (χ4v) is 4.62. The second kappa shape index (κ2) is 10.1. The molecule has 1 N–H and O–H groups in total. The third-order valence-electron chi connectivity index (χ3n) is 6.35. The number of halogens is 1. The highest BCUT2D eigenvalue weighted by Crippen LogP contribution is 2.37. The SMILES string of the molecule is CCc1ccc(-n2c(=O)c3c(n2CC(=O)Nc2ccc(OC)cc2OC)Oc2ccc(Cl)cc2C3)cc1. The normalized spacial score (nSPS) is 11.8. The van der Waals surface area contributed by atoms with Gasteiger partial charge in [-0.3, -0.25) is 9.59 Å². The summed E-state index contributed by atoms with van der Waals surface area (Å²) in [5.74, 6) is 1.63. The molecular formula is C28H26ClN3O5. The number of nitrogens with zero attached hydrogens (tertiary/aromatic N) is 2. The first kappa shape index (κ1) is 24.5. The Morgan fingerprint density at radius 1 is 1.05 bits per heavy atom. The summed E-state index contributed by atoms with van der Waals surface area (Å²) in [5, 5.41) is 3.44. The van der Waals surface area contributed by atoms with Gasteiger partial charge in [0.05, 0.1) is 31.2 Å². The molecule has 1 amide bonds.